The molecule has 0 heterocycles. The summed E-state index contributed by atoms with van der Waals surface area (Å²) in [5.41, 5.74) is -0.355. The van der Waals surface area contributed by atoms with Crippen LogP contribution < -0.4 is 0 Å². The summed E-state index contributed by atoms with van der Waals surface area (Å²) in [5.74, 6) is -4.04. The monoisotopic (exact) mass is 304 g/mol. The number of nitrogens with zero attached hydrogens (tertiary/aromatic N) is 2. The van der Waals surface area contributed by atoms with Crippen molar-refractivity contribution in [1.82, 2.24) is 4.31 Å². The van der Waals surface area contributed by atoms with Crippen LogP contribution in [0.2, 0.25) is 0 Å². The molecule has 9 heteroatoms. The summed E-state index contributed by atoms with van der Waals surface area (Å²) in [7, 11) is -3.50. The van der Waals surface area contributed by atoms with Gasteiger partial charge in [-0.1, -0.05) is 0 Å². The van der Waals surface area contributed by atoms with Crippen molar-refractivity contribution in [3.8, 4) is 6.07 Å². The Morgan fingerprint density at radius 3 is 2.30 bits per heavy atom. The lowest BCUT2D eigenvalue weighted by atomic mass is 10.2. The molecule has 0 saturated carbocycles. The Bertz CT molecular complexity index is 659. The molecule has 0 bridgehead atoms. The Hall–Kier alpha value is -2.05. The molecule has 0 amide bonds. The molecule has 0 aromatic heterocycles. The molecule has 0 aliphatic heterocycles. The topological polar surface area (TPSA) is 98.5 Å². The van der Waals surface area contributed by atoms with Gasteiger partial charge in [-0.05, 0) is 12.1 Å². The SMILES string of the molecule is CN(CCC(=O)O)S(=O)(=O)c1c(F)cc(C#N)cc1F. The van der Waals surface area contributed by atoms with Crippen LogP contribution in [-0.4, -0.2) is 37.4 Å². The van der Waals surface area contributed by atoms with Gasteiger partial charge in [-0.25, -0.2) is 21.5 Å². The predicted octanol–water partition coefficient (Wildman–Crippen LogP) is 0.932. The third-order valence-corrected chi connectivity index (χ3v) is 4.35. The Balaban J connectivity index is 3.23. The van der Waals surface area contributed by atoms with Gasteiger partial charge in [0.1, 0.15) is 11.6 Å². The smallest absolute Gasteiger partial charge is 0.304 e. The highest BCUT2D eigenvalue weighted by Gasteiger charge is 2.29. The minimum atomic E-state index is -4.51. The maximum absolute atomic E-state index is 13.6. The number of rotatable bonds is 5. The van der Waals surface area contributed by atoms with E-state index in [2.05, 4.69) is 0 Å². The summed E-state index contributed by atoms with van der Waals surface area (Å²) in [6.45, 7) is -0.434. The second kappa shape index (κ2) is 5.94. The fraction of sp³-hybridized carbons (Fsp3) is 0.273. The average molecular weight is 304 g/mol. The van der Waals surface area contributed by atoms with E-state index in [4.69, 9.17) is 10.4 Å². The fourth-order valence-corrected chi connectivity index (χ4v) is 2.65. The van der Waals surface area contributed by atoms with Crippen LogP contribution in [0.15, 0.2) is 17.0 Å². The molecule has 1 rings (SSSR count). The molecule has 0 radical (unpaired) electrons. The second-order valence-corrected chi connectivity index (χ2v) is 5.83. The first kappa shape index (κ1) is 16.0. The molecule has 0 aliphatic carbocycles. The van der Waals surface area contributed by atoms with Crippen molar-refractivity contribution in [3.63, 3.8) is 0 Å². The molecule has 1 N–H and O–H groups in total. The van der Waals surface area contributed by atoms with Crippen molar-refractivity contribution in [3.05, 3.63) is 29.3 Å². The molecule has 0 spiro atoms. The quantitative estimate of drug-likeness (QED) is 0.872. The number of carboxylic acid groups (broad SMARTS) is 1. The largest absolute Gasteiger partial charge is 0.481 e. The maximum atomic E-state index is 13.6. The number of aliphatic carboxylic acids is 1. The minimum Gasteiger partial charge on any atom is -0.481 e. The van der Waals surface area contributed by atoms with Crippen molar-refractivity contribution in [1.29, 1.82) is 5.26 Å². The molecule has 20 heavy (non-hydrogen) atoms. The molecule has 0 unspecified atom stereocenters. The van der Waals surface area contributed by atoms with Gasteiger partial charge >= 0.3 is 5.97 Å². The molecule has 0 saturated heterocycles. The van der Waals surface area contributed by atoms with Gasteiger partial charge in [-0.2, -0.15) is 5.26 Å². The number of benzene rings is 1. The lowest BCUT2D eigenvalue weighted by Crippen LogP contribution is -2.30. The minimum absolute atomic E-state index is 0.355. The molecule has 1 aromatic carbocycles. The van der Waals surface area contributed by atoms with Crippen molar-refractivity contribution in [2.45, 2.75) is 11.3 Å². The summed E-state index contributed by atoms with van der Waals surface area (Å²) in [5, 5.41) is 17.0. The molecule has 0 fully saturated rings. The van der Waals surface area contributed by atoms with Gasteiger partial charge in [0.2, 0.25) is 10.0 Å². The number of hydrogen-bond acceptors (Lipinski definition) is 4. The lowest BCUT2D eigenvalue weighted by Gasteiger charge is -2.17. The van der Waals surface area contributed by atoms with E-state index >= 15 is 0 Å². The normalized spacial score (nSPS) is 11.3. The van der Waals surface area contributed by atoms with Crippen LogP contribution in [0.5, 0.6) is 0 Å². The summed E-state index contributed by atoms with van der Waals surface area (Å²) < 4.78 is 51.7. The number of nitriles is 1. The van der Waals surface area contributed by atoms with Gasteiger partial charge in [0.15, 0.2) is 4.90 Å². The van der Waals surface area contributed by atoms with Gasteiger partial charge in [-0.3, -0.25) is 4.79 Å². The average Bonchev–Trinajstić information content (AvgIpc) is 2.34. The third-order valence-electron chi connectivity index (χ3n) is 2.44. The number of hydrogen-bond donors (Lipinski definition) is 1. The van der Waals surface area contributed by atoms with Gasteiger partial charge in [-0.15, -0.1) is 0 Å². The van der Waals surface area contributed by atoms with Gasteiger partial charge < -0.3 is 5.11 Å². The van der Waals surface area contributed by atoms with E-state index in [0.717, 1.165) is 7.05 Å². The summed E-state index contributed by atoms with van der Waals surface area (Å²) in [4.78, 5) is 9.17. The Morgan fingerprint density at radius 2 is 1.90 bits per heavy atom. The highest BCUT2D eigenvalue weighted by molar-refractivity contribution is 7.89. The maximum Gasteiger partial charge on any atom is 0.304 e. The summed E-state index contributed by atoms with van der Waals surface area (Å²) >= 11 is 0. The Morgan fingerprint density at radius 1 is 1.40 bits per heavy atom. The molecule has 0 atom stereocenters. The highest BCUT2D eigenvalue weighted by Crippen LogP contribution is 2.23. The van der Waals surface area contributed by atoms with Gasteiger partial charge in [0.05, 0.1) is 18.1 Å². The summed E-state index contributed by atoms with van der Waals surface area (Å²) in [6.07, 6.45) is -0.505. The first-order valence-electron chi connectivity index (χ1n) is 5.27. The predicted molar refractivity (Wildman–Crippen MR) is 63.1 cm³/mol. The highest BCUT2D eigenvalue weighted by atomic mass is 32.2. The standard InChI is InChI=1S/C11H10F2N2O4S/c1-15(3-2-10(16)17)20(18,19)11-8(12)4-7(6-14)5-9(11)13/h4-5H,2-3H2,1H3,(H,16,17). The lowest BCUT2D eigenvalue weighted by molar-refractivity contribution is -0.137. The second-order valence-electron chi connectivity index (χ2n) is 3.85. The van der Waals surface area contributed by atoms with Gasteiger partial charge in [0, 0.05) is 13.6 Å². The molecular formula is C11H10F2N2O4S. The van der Waals surface area contributed by atoms with Crippen molar-refractivity contribution in [2.24, 2.45) is 0 Å². The first-order chi connectivity index (χ1) is 9.20. The Kier molecular flexibility index (Phi) is 4.75. The fourth-order valence-electron chi connectivity index (χ4n) is 1.40. The van der Waals surface area contributed by atoms with Crippen molar-refractivity contribution in [2.75, 3.05) is 13.6 Å². The number of halogens is 2. The molecular weight excluding hydrogens is 294 g/mol. The van der Waals surface area contributed by atoms with Crippen LogP contribution in [0, 0.1) is 23.0 Å². The van der Waals surface area contributed by atoms with Crippen LogP contribution in [0.25, 0.3) is 0 Å². The zero-order valence-corrected chi connectivity index (χ0v) is 11.1. The van der Waals surface area contributed by atoms with E-state index in [0.29, 0.717) is 16.4 Å². The van der Waals surface area contributed by atoms with Crippen LogP contribution in [-0.2, 0) is 14.8 Å². The first-order valence-corrected chi connectivity index (χ1v) is 6.71. The van der Waals surface area contributed by atoms with Gasteiger partial charge in [0.25, 0.3) is 0 Å². The molecule has 1 aromatic rings. The molecule has 6 nitrogen and oxygen atoms in total. The number of carbonyl (C=O) groups is 1. The van der Waals surface area contributed by atoms with Crippen molar-refractivity contribution < 1.29 is 27.1 Å². The van der Waals surface area contributed by atoms with Crippen LogP contribution in [0.1, 0.15) is 12.0 Å². The number of carboxylic acids is 1. The zero-order valence-electron chi connectivity index (χ0n) is 10.3. The molecule has 0 aliphatic rings. The van der Waals surface area contributed by atoms with Crippen LogP contribution >= 0.6 is 0 Å². The van der Waals surface area contributed by atoms with E-state index in [-0.39, 0.29) is 5.56 Å². The van der Waals surface area contributed by atoms with Crippen molar-refractivity contribution >= 4 is 16.0 Å². The third kappa shape index (κ3) is 3.28. The van der Waals surface area contributed by atoms with Crippen LogP contribution in [0.3, 0.4) is 0 Å². The van der Waals surface area contributed by atoms with Crippen LogP contribution in [0.4, 0.5) is 8.78 Å². The Labute approximate surface area is 113 Å². The van der Waals surface area contributed by atoms with E-state index in [1.807, 2.05) is 0 Å². The summed E-state index contributed by atoms with van der Waals surface area (Å²) in [6, 6.07) is 2.69. The van der Waals surface area contributed by atoms with E-state index < -0.39 is 45.5 Å². The van der Waals surface area contributed by atoms with E-state index in [1.54, 1.807) is 0 Å². The van der Waals surface area contributed by atoms with E-state index in [1.165, 1.54) is 6.07 Å². The number of sulfonamides is 1. The zero-order chi connectivity index (χ0) is 15.5. The molecule has 108 valence electrons. The van der Waals surface area contributed by atoms with E-state index in [9.17, 15) is 22.0 Å².